The summed E-state index contributed by atoms with van der Waals surface area (Å²) in [7, 11) is -4.08. The summed E-state index contributed by atoms with van der Waals surface area (Å²) in [5.74, 6) is -0.644. The number of nitrogens with one attached hydrogen (secondary N) is 1. The summed E-state index contributed by atoms with van der Waals surface area (Å²) in [5, 5.41) is 2.27. The number of carbonyl (C=O) groups is 2. The number of sulfone groups is 1. The molecule has 1 heterocycles. The third-order valence-electron chi connectivity index (χ3n) is 7.46. The van der Waals surface area contributed by atoms with Crippen molar-refractivity contribution in [3.8, 4) is 0 Å². The van der Waals surface area contributed by atoms with Gasteiger partial charge in [-0.15, -0.1) is 0 Å². The Labute approximate surface area is 291 Å². The van der Waals surface area contributed by atoms with Gasteiger partial charge in [-0.2, -0.15) is 0 Å². The van der Waals surface area contributed by atoms with Gasteiger partial charge < -0.3 is 9.47 Å². The van der Waals surface area contributed by atoms with E-state index in [1.807, 2.05) is 12.1 Å². The molecule has 2 aromatic carbocycles. The van der Waals surface area contributed by atoms with E-state index in [0.29, 0.717) is 5.02 Å². The summed E-state index contributed by atoms with van der Waals surface area (Å²) >= 11 is 6.07. The lowest BCUT2D eigenvalue weighted by Gasteiger charge is -2.28. The number of aromatic nitrogens is 1. The van der Waals surface area contributed by atoms with Crippen molar-refractivity contribution in [3.63, 3.8) is 0 Å². The summed E-state index contributed by atoms with van der Waals surface area (Å²) in [6, 6.07) is 18.7. The average molecular weight is 700 g/mol. The van der Waals surface area contributed by atoms with Crippen LogP contribution in [0.5, 0.6) is 0 Å². The van der Waals surface area contributed by atoms with Crippen LogP contribution in [-0.2, 0) is 36.1 Å². The number of anilines is 1. The van der Waals surface area contributed by atoms with Crippen LogP contribution in [0.1, 0.15) is 104 Å². The fourth-order valence-corrected chi connectivity index (χ4v) is 6.64. The van der Waals surface area contributed by atoms with Crippen LogP contribution in [0.3, 0.4) is 0 Å². The molecule has 1 aromatic heterocycles. The van der Waals surface area contributed by atoms with Gasteiger partial charge in [0, 0.05) is 11.6 Å². The van der Waals surface area contributed by atoms with Crippen LogP contribution >= 0.6 is 11.6 Å². The second-order valence-corrected chi connectivity index (χ2v) is 17.0. The highest BCUT2D eigenvalue weighted by Gasteiger charge is 2.33. The van der Waals surface area contributed by atoms with Crippen LogP contribution in [0.2, 0.25) is 5.02 Å². The smallest absolute Gasteiger partial charge is 0.416 e. The van der Waals surface area contributed by atoms with Crippen molar-refractivity contribution in [2.45, 2.75) is 115 Å². The van der Waals surface area contributed by atoms with E-state index in [0.717, 1.165) is 29.7 Å². The number of ether oxygens (including phenoxy) is 2. The second kappa shape index (κ2) is 15.8. The standard InChI is InChI=1S/C37H50ClN3O6S/c1-10-11-23-37(8,9)27-17-15-26(16-18-27)24-39-33(48(44,45)29-21-19-28(38)20-22-29)30-13-12-14-31(40-30)41(34(43)47-36(5,6)7)25-32(42)46-35(2,3)4/h12-22,33,39H,10-11,23-25H2,1-9H3. The zero-order valence-electron chi connectivity index (χ0n) is 29.6. The first-order valence-corrected chi connectivity index (χ1v) is 18.2. The molecule has 1 amide bonds. The third-order valence-corrected chi connectivity index (χ3v) is 9.67. The largest absolute Gasteiger partial charge is 0.459 e. The molecule has 1 N–H and O–H groups in total. The highest BCUT2D eigenvalue weighted by molar-refractivity contribution is 7.91. The normalized spacial score (nSPS) is 13.1. The van der Waals surface area contributed by atoms with Gasteiger partial charge in [-0.25, -0.2) is 18.2 Å². The van der Waals surface area contributed by atoms with Gasteiger partial charge in [0.05, 0.1) is 10.6 Å². The molecule has 1 unspecified atom stereocenters. The number of hydrogen-bond acceptors (Lipinski definition) is 8. The van der Waals surface area contributed by atoms with Crippen LogP contribution < -0.4 is 10.2 Å². The number of esters is 1. The van der Waals surface area contributed by atoms with E-state index in [1.165, 1.54) is 35.9 Å². The SMILES string of the molecule is CCCCC(C)(C)c1ccc(CNC(c2cccc(N(CC(=O)OC(C)(C)C)C(=O)OC(C)(C)C)n2)S(=O)(=O)c2ccc(Cl)cc2)cc1. The molecule has 9 nitrogen and oxygen atoms in total. The van der Waals surface area contributed by atoms with Gasteiger partial charge in [0.1, 0.15) is 23.6 Å². The Morgan fingerprint density at radius 2 is 1.48 bits per heavy atom. The molecular formula is C37H50ClN3O6S. The molecule has 11 heteroatoms. The van der Waals surface area contributed by atoms with Gasteiger partial charge in [-0.05, 0) is 101 Å². The number of pyridine rings is 1. The van der Waals surface area contributed by atoms with E-state index >= 15 is 0 Å². The highest BCUT2D eigenvalue weighted by atomic mass is 35.5. The van der Waals surface area contributed by atoms with Crippen LogP contribution in [0.15, 0.2) is 71.6 Å². The van der Waals surface area contributed by atoms with Gasteiger partial charge in [-0.3, -0.25) is 15.0 Å². The average Bonchev–Trinajstić information content (AvgIpc) is 2.98. The number of benzene rings is 2. The fourth-order valence-electron chi connectivity index (χ4n) is 4.98. The summed E-state index contributed by atoms with van der Waals surface area (Å²) in [5.41, 5.74) is 0.578. The van der Waals surface area contributed by atoms with Gasteiger partial charge in [0.25, 0.3) is 0 Å². The molecule has 1 atom stereocenters. The molecule has 0 aliphatic carbocycles. The van der Waals surface area contributed by atoms with E-state index in [4.69, 9.17) is 21.1 Å². The van der Waals surface area contributed by atoms with E-state index in [9.17, 15) is 18.0 Å². The zero-order chi connectivity index (χ0) is 35.9. The number of halogens is 1. The molecule has 0 spiro atoms. The molecule has 3 rings (SSSR count). The van der Waals surface area contributed by atoms with Crippen molar-refractivity contribution >= 4 is 39.3 Å². The lowest BCUT2D eigenvalue weighted by Crippen LogP contribution is -2.42. The van der Waals surface area contributed by atoms with Crippen molar-refractivity contribution in [3.05, 3.63) is 88.6 Å². The fraction of sp³-hybridized carbons (Fsp3) is 0.486. The van der Waals surface area contributed by atoms with Crippen molar-refractivity contribution in [1.82, 2.24) is 10.3 Å². The summed E-state index contributed by atoms with van der Waals surface area (Å²) in [4.78, 5) is 32.0. The van der Waals surface area contributed by atoms with Gasteiger partial charge in [0.2, 0.25) is 0 Å². The predicted molar refractivity (Wildman–Crippen MR) is 191 cm³/mol. The Balaban J connectivity index is 2.03. The second-order valence-electron chi connectivity index (χ2n) is 14.5. The number of rotatable bonds is 13. The Morgan fingerprint density at radius 3 is 2.04 bits per heavy atom. The predicted octanol–water partition coefficient (Wildman–Crippen LogP) is 8.55. The summed E-state index contributed by atoms with van der Waals surface area (Å²) in [6.45, 7) is 16.6. The first kappa shape index (κ1) is 39.0. The lowest BCUT2D eigenvalue weighted by atomic mass is 9.80. The first-order valence-electron chi connectivity index (χ1n) is 16.2. The maximum Gasteiger partial charge on any atom is 0.416 e. The highest BCUT2D eigenvalue weighted by Crippen LogP contribution is 2.31. The van der Waals surface area contributed by atoms with Crippen LogP contribution in [0, 0.1) is 0 Å². The minimum Gasteiger partial charge on any atom is -0.459 e. The van der Waals surface area contributed by atoms with E-state index in [2.05, 4.69) is 43.2 Å². The van der Waals surface area contributed by atoms with Crippen molar-refractivity contribution in [2.24, 2.45) is 0 Å². The van der Waals surface area contributed by atoms with Crippen LogP contribution in [-0.4, -0.2) is 43.2 Å². The van der Waals surface area contributed by atoms with Gasteiger partial charge in [0.15, 0.2) is 15.2 Å². The number of nitrogens with zero attached hydrogens (tertiary/aromatic N) is 2. The van der Waals surface area contributed by atoms with E-state index in [1.54, 1.807) is 53.7 Å². The maximum atomic E-state index is 14.2. The molecule has 48 heavy (non-hydrogen) atoms. The number of unbranched alkanes of at least 4 members (excludes halogenated alkanes) is 1. The molecule has 0 aliphatic heterocycles. The minimum absolute atomic E-state index is 0.0199. The lowest BCUT2D eigenvalue weighted by molar-refractivity contribution is -0.153. The topological polar surface area (TPSA) is 115 Å². The summed E-state index contributed by atoms with van der Waals surface area (Å²) in [6.07, 6.45) is 2.50. The monoisotopic (exact) mass is 699 g/mol. The van der Waals surface area contributed by atoms with Gasteiger partial charge in [-0.1, -0.05) is 75.5 Å². The molecular weight excluding hydrogens is 650 g/mol. The minimum atomic E-state index is -4.08. The van der Waals surface area contributed by atoms with E-state index in [-0.39, 0.29) is 28.4 Å². The molecule has 0 radical (unpaired) electrons. The molecule has 3 aromatic rings. The third kappa shape index (κ3) is 11.3. The Kier molecular flexibility index (Phi) is 12.9. The quantitative estimate of drug-likeness (QED) is 0.177. The van der Waals surface area contributed by atoms with Crippen molar-refractivity contribution in [1.29, 1.82) is 0 Å². The Hall–Kier alpha value is -3.47. The number of hydrogen-bond donors (Lipinski definition) is 1. The Bertz CT molecular complexity index is 1640. The maximum absolute atomic E-state index is 14.2. The van der Waals surface area contributed by atoms with Crippen molar-refractivity contribution in [2.75, 3.05) is 11.4 Å². The molecule has 0 bridgehead atoms. The Morgan fingerprint density at radius 1 is 0.875 bits per heavy atom. The molecule has 262 valence electrons. The van der Waals surface area contributed by atoms with Crippen molar-refractivity contribution < 1.29 is 27.5 Å². The molecule has 0 aliphatic rings. The molecule has 0 fully saturated rings. The van der Waals surface area contributed by atoms with Crippen LogP contribution in [0.4, 0.5) is 10.6 Å². The number of carbonyl (C=O) groups excluding carboxylic acids is 2. The molecule has 0 saturated heterocycles. The molecule has 0 saturated carbocycles. The van der Waals surface area contributed by atoms with Gasteiger partial charge >= 0.3 is 12.1 Å². The van der Waals surface area contributed by atoms with Crippen LogP contribution in [0.25, 0.3) is 0 Å². The van der Waals surface area contributed by atoms with E-state index < -0.39 is 45.0 Å². The number of amides is 1. The summed E-state index contributed by atoms with van der Waals surface area (Å²) < 4.78 is 39.4. The first-order chi connectivity index (χ1) is 22.2. The zero-order valence-corrected chi connectivity index (χ0v) is 31.2.